The third-order valence-corrected chi connectivity index (χ3v) is 5.16. The summed E-state index contributed by atoms with van der Waals surface area (Å²) in [5.74, 6) is -0.983. The Morgan fingerprint density at radius 1 is 1.28 bits per heavy atom. The Hall–Kier alpha value is -1.74. The van der Waals surface area contributed by atoms with E-state index in [9.17, 15) is 14.4 Å². The van der Waals surface area contributed by atoms with Gasteiger partial charge in [0.2, 0.25) is 0 Å². The smallest absolute Gasteiger partial charge is 0.408 e. The van der Waals surface area contributed by atoms with Gasteiger partial charge in [0.05, 0.1) is 18.9 Å². The van der Waals surface area contributed by atoms with E-state index in [2.05, 4.69) is 0 Å². The molecule has 1 unspecified atom stereocenters. The summed E-state index contributed by atoms with van der Waals surface area (Å²) in [7, 11) is 0. The van der Waals surface area contributed by atoms with Crippen molar-refractivity contribution < 1.29 is 28.6 Å². The third-order valence-electron chi connectivity index (χ3n) is 5.16. The van der Waals surface area contributed by atoms with Gasteiger partial charge in [-0.3, -0.25) is 0 Å². The molecule has 3 aliphatic heterocycles. The van der Waals surface area contributed by atoms with Gasteiger partial charge in [-0.2, -0.15) is 4.79 Å². The number of amides is 1. The molecule has 0 aliphatic carbocycles. The molecule has 136 valence electrons. The second-order valence-corrected chi connectivity index (χ2v) is 6.88. The Morgan fingerprint density at radius 2 is 1.96 bits per heavy atom. The summed E-state index contributed by atoms with van der Waals surface area (Å²) in [6.45, 7) is 4.21. The van der Waals surface area contributed by atoms with Crippen LogP contribution in [-0.2, 0) is 14.2 Å². The van der Waals surface area contributed by atoms with E-state index < -0.39 is 28.4 Å². The molecule has 3 saturated heterocycles. The molecule has 1 spiro atoms. The number of cyclic esters (lactones) is 1. The van der Waals surface area contributed by atoms with Crippen LogP contribution in [0.15, 0.2) is 18.2 Å². The summed E-state index contributed by atoms with van der Waals surface area (Å²) in [5.41, 5.74) is 0.621. The Kier molecular flexibility index (Phi) is 3.95. The van der Waals surface area contributed by atoms with Gasteiger partial charge in [-0.1, -0.05) is 0 Å². The van der Waals surface area contributed by atoms with Crippen molar-refractivity contribution in [2.45, 2.75) is 31.7 Å². The lowest BCUT2D eigenvalue weighted by Crippen LogP contribution is -2.47. The minimum absolute atomic E-state index is 0.0680. The molecule has 0 radical (unpaired) electrons. The number of anilines is 1. The van der Waals surface area contributed by atoms with Gasteiger partial charge in [0.15, 0.2) is 29.9 Å². The minimum Gasteiger partial charge on any atom is -0.408 e. The number of ether oxygens (including phenoxy) is 3. The van der Waals surface area contributed by atoms with Crippen molar-refractivity contribution in [2.75, 3.05) is 37.7 Å². The summed E-state index contributed by atoms with van der Waals surface area (Å²) >= 11 is 0. The van der Waals surface area contributed by atoms with Gasteiger partial charge >= 0.3 is 6.09 Å². The highest BCUT2D eigenvalue weighted by atomic mass is 19.1. The molecule has 7 nitrogen and oxygen atoms in total. The monoisotopic (exact) mass is 353 g/mol. The lowest BCUT2D eigenvalue weighted by atomic mass is 10.0. The summed E-state index contributed by atoms with van der Waals surface area (Å²) < 4.78 is 30.0. The number of quaternary nitrogens is 1. The van der Waals surface area contributed by atoms with E-state index in [1.165, 1.54) is 6.07 Å². The van der Waals surface area contributed by atoms with E-state index in [0.29, 0.717) is 44.8 Å². The van der Waals surface area contributed by atoms with Crippen molar-refractivity contribution in [2.24, 2.45) is 0 Å². The minimum atomic E-state index is -1.02. The average Bonchev–Trinajstić information content (AvgIpc) is 3.14. The molecule has 3 heterocycles. The molecule has 8 heteroatoms. The highest BCUT2D eigenvalue weighted by Gasteiger charge is 2.50. The van der Waals surface area contributed by atoms with Crippen LogP contribution in [0.1, 0.15) is 19.8 Å². The molecule has 25 heavy (non-hydrogen) atoms. The molecule has 1 aromatic carbocycles. The maximum atomic E-state index is 14.7. The molecule has 1 aromatic rings. The number of carbonyl (C=O) groups excluding carboxylic acids is 1. The van der Waals surface area contributed by atoms with Crippen LogP contribution in [0.5, 0.6) is 0 Å². The SMILES string of the molecule is CC1C[N@+](O)(c2ccc(N3CCC4(CC3)OCCO4)c(F)c2)C(=O)O1. The number of carbonyl (C=O) groups is 1. The Morgan fingerprint density at radius 3 is 2.52 bits per heavy atom. The first-order chi connectivity index (χ1) is 11.9. The Balaban J connectivity index is 1.52. The normalized spacial score (nSPS) is 31.6. The van der Waals surface area contributed by atoms with Crippen LogP contribution in [0.3, 0.4) is 0 Å². The van der Waals surface area contributed by atoms with Gasteiger partial charge in [0.25, 0.3) is 0 Å². The van der Waals surface area contributed by atoms with Crippen LogP contribution < -0.4 is 9.55 Å². The van der Waals surface area contributed by atoms with Crippen LogP contribution in [0, 0.1) is 5.82 Å². The molecule has 4 rings (SSSR count). The van der Waals surface area contributed by atoms with Crippen molar-refractivity contribution in [3.05, 3.63) is 24.0 Å². The van der Waals surface area contributed by atoms with Crippen LogP contribution in [0.4, 0.5) is 20.6 Å². The topological polar surface area (TPSA) is 68.2 Å². The van der Waals surface area contributed by atoms with Gasteiger partial charge in [-0.05, 0) is 17.6 Å². The van der Waals surface area contributed by atoms with Crippen molar-refractivity contribution in [1.82, 2.24) is 4.65 Å². The van der Waals surface area contributed by atoms with Crippen molar-refractivity contribution in [3.8, 4) is 0 Å². The fourth-order valence-corrected chi connectivity index (χ4v) is 3.81. The van der Waals surface area contributed by atoms with Crippen LogP contribution in [0.25, 0.3) is 0 Å². The largest absolute Gasteiger partial charge is 0.555 e. The maximum Gasteiger partial charge on any atom is 0.555 e. The zero-order valence-corrected chi connectivity index (χ0v) is 14.1. The molecule has 0 bridgehead atoms. The van der Waals surface area contributed by atoms with E-state index in [1.54, 1.807) is 19.1 Å². The molecule has 0 aromatic heterocycles. The van der Waals surface area contributed by atoms with Gasteiger partial charge in [0, 0.05) is 38.1 Å². The fraction of sp³-hybridized carbons (Fsp3) is 0.588. The highest BCUT2D eigenvalue weighted by Crippen LogP contribution is 2.36. The Labute approximate surface area is 145 Å². The van der Waals surface area contributed by atoms with Gasteiger partial charge in [-0.25, -0.2) is 9.60 Å². The molecule has 3 aliphatic rings. The maximum absolute atomic E-state index is 14.7. The molecule has 1 N–H and O–H groups in total. The lowest BCUT2D eigenvalue weighted by molar-refractivity contribution is -0.169. The summed E-state index contributed by atoms with van der Waals surface area (Å²) in [5, 5.41) is 10.5. The second kappa shape index (κ2) is 5.91. The first-order valence-electron chi connectivity index (χ1n) is 8.57. The van der Waals surface area contributed by atoms with Crippen LogP contribution in [-0.4, -0.2) is 56.0 Å². The lowest BCUT2D eigenvalue weighted by Gasteiger charge is -2.38. The van der Waals surface area contributed by atoms with Gasteiger partial charge in [-0.15, -0.1) is 0 Å². The predicted octanol–water partition coefficient (Wildman–Crippen LogP) is 2.40. The van der Waals surface area contributed by atoms with E-state index in [0.717, 1.165) is 0 Å². The predicted molar refractivity (Wildman–Crippen MR) is 86.9 cm³/mol. The molecule has 0 saturated carbocycles. The van der Waals surface area contributed by atoms with Crippen molar-refractivity contribution in [1.29, 1.82) is 0 Å². The highest BCUT2D eigenvalue weighted by molar-refractivity contribution is 5.82. The number of nitrogens with zero attached hydrogens (tertiary/aromatic N) is 2. The summed E-state index contributed by atoms with van der Waals surface area (Å²) in [4.78, 5) is 13.8. The number of hydrogen-bond donors (Lipinski definition) is 1. The first kappa shape index (κ1) is 16.7. The Bertz CT molecular complexity index is 684. The summed E-state index contributed by atoms with van der Waals surface area (Å²) in [6, 6.07) is 4.39. The van der Waals surface area contributed by atoms with Gasteiger partial charge in [0.1, 0.15) is 0 Å². The molecular weight excluding hydrogens is 331 g/mol. The molecule has 3 fully saturated rings. The zero-order valence-electron chi connectivity index (χ0n) is 14.1. The first-order valence-corrected chi connectivity index (χ1v) is 8.57. The number of halogens is 1. The van der Waals surface area contributed by atoms with E-state index in [4.69, 9.17) is 14.2 Å². The number of hydrogen-bond acceptors (Lipinski definition) is 6. The molecule has 2 atom stereocenters. The number of rotatable bonds is 2. The van der Waals surface area contributed by atoms with Gasteiger partial charge < -0.3 is 19.1 Å². The van der Waals surface area contributed by atoms with Crippen molar-refractivity contribution >= 4 is 17.5 Å². The zero-order chi connectivity index (χ0) is 17.7. The van der Waals surface area contributed by atoms with Crippen LogP contribution >= 0.6 is 0 Å². The quantitative estimate of drug-likeness (QED) is 0.650. The van der Waals surface area contributed by atoms with E-state index >= 15 is 0 Å². The average molecular weight is 353 g/mol. The number of benzene rings is 1. The summed E-state index contributed by atoms with van der Waals surface area (Å²) in [6.07, 6.45) is 0.163. The molecule has 1 amide bonds. The van der Waals surface area contributed by atoms with E-state index in [-0.39, 0.29) is 12.2 Å². The van der Waals surface area contributed by atoms with Crippen molar-refractivity contribution in [3.63, 3.8) is 0 Å². The molecular formula is C17H22FN2O5+. The third kappa shape index (κ3) is 2.79. The van der Waals surface area contributed by atoms with Crippen LogP contribution in [0.2, 0.25) is 0 Å². The number of hydroxylamine groups is 2. The number of piperidine rings is 1. The standard InChI is InChI=1S/C17H22FN2O5/c1-12-11-20(22,16(21)25-12)13-2-3-15(14(18)10-13)19-6-4-17(5-7-19)23-8-9-24-17/h2-3,10,12,22H,4-9,11H2,1H3/q+1/t12?,20-/m0/s1. The fourth-order valence-electron chi connectivity index (χ4n) is 3.81. The van der Waals surface area contributed by atoms with E-state index in [1.807, 2.05) is 4.90 Å². The second-order valence-electron chi connectivity index (χ2n) is 6.88.